The third kappa shape index (κ3) is 4.00. The van der Waals surface area contributed by atoms with Crippen LogP contribution in [0.2, 0.25) is 10.0 Å². The van der Waals surface area contributed by atoms with Crippen LogP contribution in [0.4, 0.5) is 0 Å². The van der Waals surface area contributed by atoms with Crippen molar-refractivity contribution in [2.75, 3.05) is 33.2 Å². The fourth-order valence-corrected chi connectivity index (χ4v) is 5.62. The highest BCUT2D eigenvalue weighted by Crippen LogP contribution is 2.34. The molecule has 1 aliphatic carbocycles. The van der Waals surface area contributed by atoms with Crippen molar-refractivity contribution in [3.05, 3.63) is 33.8 Å². The van der Waals surface area contributed by atoms with E-state index in [2.05, 4.69) is 21.7 Å². The molecule has 3 fully saturated rings. The molecule has 4 nitrogen and oxygen atoms in total. The number of carbonyl (C=O) groups is 1. The van der Waals surface area contributed by atoms with Crippen molar-refractivity contribution in [2.24, 2.45) is 0 Å². The van der Waals surface area contributed by atoms with Gasteiger partial charge in [0.1, 0.15) is 0 Å². The molecule has 6 heteroatoms. The zero-order valence-electron chi connectivity index (χ0n) is 16.0. The van der Waals surface area contributed by atoms with Crippen LogP contribution in [0.1, 0.15) is 37.7 Å². The Hall–Kier alpha value is -0.810. The molecule has 2 saturated heterocycles. The van der Waals surface area contributed by atoms with Crippen molar-refractivity contribution < 1.29 is 4.79 Å². The number of benzene rings is 1. The minimum absolute atomic E-state index is 0.225. The summed E-state index contributed by atoms with van der Waals surface area (Å²) in [7, 11) is 2.23. The van der Waals surface area contributed by atoms with Gasteiger partial charge in [-0.25, -0.2) is 0 Å². The Morgan fingerprint density at radius 2 is 1.74 bits per heavy atom. The van der Waals surface area contributed by atoms with E-state index < -0.39 is 0 Å². The molecule has 148 valence electrons. The molecule has 3 atom stereocenters. The van der Waals surface area contributed by atoms with E-state index in [9.17, 15) is 4.79 Å². The van der Waals surface area contributed by atoms with E-state index in [0.29, 0.717) is 34.6 Å². The molecule has 0 bridgehead atoms. The number of hydrogen-bond acceptors (Lipinski definition) is 3. The van der Waals surface area contributed by atoms with Crippen LogP contribution in [0.3, 0.4) is 0 Å². The number of likely N-dealkylation sites (N-methyl/N-ethyl adjacent to an activating group) is 1. The van der Waals surface area contributed by atoms with E-state index in [1.54, 1.807) is 6.07 Å². The number of hydrogen-bond donors (Lipinski definition) is 0. The summed E-state index contributed by atoms with van der Waals surface area (Å²) in [4.78, 5) is 20.6. The molecular formula is C21H29Cl2N3O. The number of nitrogens with zero attached hydrogens (tertiary/aromatic N) is 3. The Kier molecular flexibility index (Phi) is 5.98. The molecule has 1 amide bonds. The van der Waals surface area contributed by atoms with Gasteiger partial charge in [-0.05, 0) is 63.5 Å². The second-order valence-electron chi connectivity index (χ2n) is 8.29. The molecule has 0 aromatic heterocycles. The lowest BCUT2D eigenvalue weighted by Gasteiger charge is -2.54. The molecule has 2 heterocycles. The van der Waals surface area contributed by atoms with Gasteiger partial charge in [0.2, 0.25) is 5.91 Å². The Morgan fingerprint density at radius 1 is 1.00 bits per heavy atom. The second kappa shape index (κ2) is 8.28. The average Bonchev–Trinajstić information content (AvgIpc) is 3.19. The van der Waals surface area contributed by atoms with Crippen molar-refractivity contribution in [1.82, 2.24) is 14.7 Å². The van der Waals surface area contributed by atoms with Gasteiger partial charge in [-0.2, -0.15) is 0 Å². The first kappa shape index (κ1) is 19.5. The maximum Gasteiger partial charge on any atom is 0.227 e. The summed E-state index contributed by atoms with van der Waals surface area (Å²) < 4.78 is 0. The zero-order chi connectivity index (χ0) is 19.0. The maximum absolute atomic E-state index is 13.3. The van der Waals surface area contributed by atoms with E-state index in [0.717, 1.165) is 18.7 Å². The van der Waals surface area contributed by atoms with Gasteiger partial charge in [0.15, 0.2) is 0 Å². The van der Waals surface area contributed by atoms with Crippen molar-refractivity contribution >= 4 is 29.1 Å². The molecule has 4 rings (SSSR count). The summed E-state index contributed by atoms with van der Waals surface area (Å²) in [5.41, 5.74) is 0.943. The first-order valence-corrected chi connectivity index (χ1v) is 11.0. The Balaban J connectivity index is 1.55. The average molecular weight is 410 g/mol. The normalized spacial score (nSPS) is 29.7. The molecule has 1 aromatic rings. The number of halogens is 2. The standard InChI is InChI=1S/C21H29Cl2N3O/c1-24-11-12-26(20(27)14-15-7-8-16(22)17(23)13-15)21-18(24)5-4-6-19(21)25-9-2-3-10-25/h7-8,13,18-19,21H,2-6,9-12,14H2,1H3. The van der Waals surface area contributed by atoms with Crippen LogP contribution in [0, 0.1) is 0 Å². The van der Waals surface area contributed by atoms with Crippen LogP contribution in [0.25, 0.3) is 0 Å². The first-order valence-electron chi connectivity index (χ1n) is 10.2. The monoisotopic (exact) mass is 409 g/mol. The quantitative estimate of drug-likeness (QED) is 0.761. The third-order valence-corrected chi connectivity index (χ3v) is 7.42. The molecule has 1 saturated carbocycles. The highest BCUT2D eigenvalue weighted by molar-refractivity contribution is 6.42. The predicted molar refractivity (Wildman–Crippen MR) is 111 cm³/mol. The summed E-state index contributed by atoms with van der Waals surface area (Å²) in [6.07, 6.45) is 6.66. The van der Waals surface area contributed by atoms with E-state index in [4.69, 9.17) is 23.2 Å². The number of piperazine rings is 1. The summed E-state index contributed by atoms with van der Waals surface area (Å²) in [5, 5.41) is 1.06. The summed E-state index contributed by atoms with van der Waals surface area (Å²) >= 11 is 12.2. The van der Waals surface area contributed by atoms with Crippen LogP contribution in [-0.4, -0.2) is 72.0 Å². The molecule has 1 aromatic carbocycles. The van der Waals surface area contributed by atoms with Gasteiger partial charge in [0.25, 0.3) is 0 Å². The van der Waals surface area contributed by atoms with Crippen molar-refractivity contribution in [1.29, 1.82) is 0 Å². The Bertz CT molecular complexity index is 692. The lowest BCUT2D eigenvalue weighted by Crippen LogP contribution is -2.68. The highest BCUT2D eigenvalue weighted by Gasteiger charge is 2.46. The van der Waals surface area contributed by atoms with Gasteiger partial charge in [-0.15, -0.1) is 0 Å². The summed E-state index contributed by atoms with van der Waals surface area (Å²) in [5.74, 6) is 0.225. The van der Waals surface area contributed by atoms with Gasteiger partial charge in [-0.3, -0.25) is 14.6 Å². The van der Waals surface area contributed by atoms with Crippen LogP contribution >= 0.6 is 23.2 Å². The number of fused-ring (bicyclic) bond motifs is 1. The van der Waals surface area contributed by atoms with Gasteiger partial charge in [0.05, 0.1) is 22.5 Å². The van der Waals surface area contributed by atoms with Crippen molar-refractivity contribution in [3.63, 3.8) is 0 Å². The predicted octanol–water partition coefficient (Wildman–Crippen LogP) is 3.70. The minimum atomic E-state index is 0.225. The molecule has 2 aliphatic heterocycles. The lowest BCUT2D eigenvalue weighted by atomic mass is 9.81. The highest BCUT2D eigenvalue weighted by atomic mass is 35.5. The fourth-order valence-electron chi connectivity index (χ4n) is 5.30. The molecule has 0 radical (unpaired) electrons. The Morgan fingerprint density at radius 3 is 2.48 bits per heavy atom. The number of likely N-dealkylation sites (tertiary alicyclic amines) is 1. The van der Waals surface area contributed by atoms with E-state index in [1.165, 1.54) is 45.2 Å². The third-order valence-electron chi connectivity index (χ3n) is 6.68. The van der Waals surface area contributed by atoms with Crippen molar-refractivity contribution in [3.8, 4) is 0 Å². The fraction of sp³-hybridized carbons (Fsp3) is 0.667. The number of amides is 1. The molecular weight excluding hydrogens is 381 g/mol. The van der Waals surface area contributed by atoms with E-state index in [1.807, 2.05) is 12.1 Å². The number of carbonyl (C=O) groups excluding carboxylic acids is 1. The largest absolute Gasteiger partial charge is 0.335 e. The van der Waals surface area contributed by atoms with Crippen LogP contribution in [0.5, 0.6) is 0 Å². The van der Waals surface area contributed by atoms with E-state index >= 15 is 0 Å². The van der Waals surface area contributed by atoms with Crippen LogP contribution in [0.15, 0.2) is 18.2 Å². The summed E-state index contributed by atoms with van der Waals surface area (Å²) in [6, 6.07) is 6.83. The number of rotatable bonds is 3. The lowest BCUT2D eigenvalue weighted by molar-refractivity contribution is -0.142. The van der Waals surface area contributed by atoms with Gasteiger partial charge in [0, 0.05) is 25.2 Å². The van der Waals surface area contributed by atoms with E-state index in [-0.39, 0.29) is 5.91 Å². The maximum atomic E-state index is 13.3. The molecule has 0 N–H and O–H groups in total. The van der Waals surface area contributed by atoms with Gasteiger partial charge >= 0.3 is 0 Å². The topological polar surface area (TPSA) is 26.8 Å². The second-order valence-corrected chi connectivity index (χ2v) is 9.11. The van der Waals surface area contributed by atoms with Crippen LogP contribution < -0.4 is 0 Å². The molecule has 3 aliphatic rings. The SMILES string of the molecule is CN1CCN(C(=O)Cc2ccc(Cl)c(Cl)c2)C2C1CCCC2N1CCCC1. The van der Waals surface area contributed by atoms with Gasteiger partial charge in [-0.1, -0.05) is 35.7 Å². The zero-order valence-corrected chi connectivity index (χ0v) is 17.6. The molecule has 3 unspecified atom stereocenters. The first-order chi connectivity index (χ1) is 13.0. The van der Waals surface area contributed by atoms with Crippen LogP contribution in [-0.2, 0) is 11.2 Å². The van der Waals surface area contributed by atoms with Gasteiger partial charge < -0.3 is 4.90 Å². The molecule has 0 spiro atoms. The van der Waals surface area contributed by atoms with Crippen molar-refractivity contribution in [2.45, 2.75) is 56.7 Å². The Labute approximate surface area is 172 Å². The minimum Gasteiger partial charge on any atom is -0.335 e. The molecule has 27 heavy (non-hydrogen) atoms. The smallest absolute Gasteiger partial charge is 0.227 e. The summed E-state index contributed by atoms with van der Waals surface area (Å²) in [6.45, 7) is 4.15.